The first-order valence-electron chi connectivity index (χ1n) is 7.98. The molecule has 0 bridgehead atoms. The lowest BCUT2D eigenvalue weighted by Crippen LogP contribution is -2.28. The van der Waals surface area contributed by atoms with Crippen LogP contribution in [0.1, 0.15) is 50.8 Å². The Hall–Kier alpha value is -1.37. The molecule has 1 heterocycles. The minimum Gasteiger partial charge on any atom is -0.480 e. The topological polar surface area (TPSA) is 89.3 Å². The van der Waals surface area contributed by atoms with E-state index < -0.39 is 15.8 Å². The van der Waals surface area contributed by atoms with E-state index in [4.69, 9.17) is 5.11 Å². The molecule has 22 heavy (non-hydrogen) atoms. The van der Waals surface area contributed by atoms with Gasteiger partial charge in [0.05, 0.1) is 5.25 Å². The van der Waals surface area contributed by atoms with Gasteiger partial charge in [-0.2, -0.15) is 0 Å². The Morgan fingerprint density at radius 3 is 2.45 bits per heavy atom. The van der Waals surface area contributed by atoms with Crippen LogP contribution in [0.5, 0.6) is 0 Å². The molecule has 7 heteroatoms. The maximum Gasteiger partial charge on any atom is 0.323 e. The molecule has 2 fully saturated rings. The Morgan fingerprint density at radius 2 is 1.91 bits per heavy atom. The first-order chi connectivity index (χ1) is 10.5. The van der Waals surface area contributed by atoms with Crippen LogP contribution in [0.25, 0.3) is 0 Å². The van der Waals surface area contributed by atoms with Gasteiger partial charge >= 0.3 is 5.97 Å². The van der Waals surface area contributed by atoms with E-state index >= 15 is 0 Å². The van der Waals surface area contributed by atoms with Gasteiger partial charge in [-0.1, -0.05) is 32.1 Å². The number of aromatic nitrogens is 2. The van der Waals surface area contributed by atoms with Gasteiger partial charge in [0.1, 0.15) is 12.4 Å². The Labute approximate surface area is 130 Å². The summed E-state index contributed by atoms with van der Waals surface area (Å²) in [5.74, 6) is 0.124. The van der Waals surface area contributed by atoms with Gasteiger partial charge in [0.2, 0.25) is 0 Å². The van der Waals surface area contributed by atoms with Crippen LogP contribution in [0.3, 0.4) is 0 Å². The number of imidazole rings is 1. The van der Waals surface area contributed by atoms with Gasteiger partial charge in [0, 0.05) is 12.6 Å². The lowest BCUT2D eigenvalue weighted by molar-refractivity contribution is -0.137. The van der Waals surface area contributed by atoms with E-state index in [1.807, 2.05) is 0 Å². The summed E-state index contributed by atoms with van der Waals surface area (Å²) in [7, 11) is -3.40. The highest BCUT2D eigenvalue weighted by atomic mass is 32.2. The van der Waals surface area contributed by atoms with Gasteiger partial charge in [-0.25, -0.2) is 13.4 Å². The van der Waals surface area contributed by atoms with Crippen molar-refractivity contribution in [3.63, 3.8) is 0 Å². The van der Waals surface area contributed by atoms with Gasteiger partial charge in [-0.3, -0.25) is 4.79 Å². The quantitative estimate of drug-likeness (QED) is 0.864. The summed E-state index contributed by atoms with van der Waals surface area (Å²) in [6.07, 6.45) is 9.02. The van der Waals surface area contributed by atoms with Crippen LogP contribution in [0.2, 0.25) is 0 Å². The van der Waals surface area contributed by atoms with Crippen molar-refractivity contribution in [2.24, 2.45) is 5.92 Å². The third-order valence-electron chi connectivity index (χ3n) is 4.87. The lowest BCUT2D eigenvalue weighted by atomic mass is 10.0. The molecular formula is C15H22N2O4S. The highest BCUT2D eigenvalue weighted by Crippen LogP contribution is 2.32. The molecule has 1 aromatic heterocycles. The third-order valence-corrected chi connectivity index (χ3v) is 7.00. The lowest BCUT2D eigenvalue weighted by Gasteiger charge is -2.23. The maximum absolute atomic E-state index is 12.5. The molecule has 1 aromatic rings. The average Bonchev–Trinajstić information content (AvgIpc) is 2.97. The van der Waals surface area contributed by atoms with E-state index in [1.165, 1.54) is 23.6 Å². The maximum atomic E-state index is 12.5. The van der Waals surface area contributed by atoms with Crippen LogP contribution >= 0.6 is 0 Å². The zero-order valence-electron chi connectivity index (χ0n) is 12.6. The molecule has 0 radical (unpaired) electrons. The number of hydrogen-bond acceptors (Lipinski definition) is 4. The molecule has 122 valence electrons. The normalized spacial score (nSPS) is 20.2. The highest BCUT2D eigenvalue weighted by molar-refractivity contribution is 7.92. The molecule has 3 rings (SSSR count). The van der Waals surface area contributed by atoms with Crippen molar-refractivity contribution in [3.8, 4) is 0 Å². The van der Waals surface area contributed by atoms with Crippen molar-refractivity contribution in [2.75, 3.05) is 0 Å². The average molecular weight is 326 g/mol. The van der Waals surface area contributed by atoms with E-state index in [-0.39, 0.29) is 16.8 Å². The van der Waals surface area contributed by atoms with Gasteiger partial charge in [-0.05, 0) is 18.8 Å². The number of carbonyl (C=O) groups is 1. The fourth-order valence-electron chi connectivity index (χ4n) is 3.34. The van der Waals surface area contributed by atoms with Crippen molar-refractivity contribution < 1.29 is 18.3 Å². The van der Waals surface area contributed by atoms with Gasteiger partial charge in [-0.15, -0.1) is 0 Å². The Kier molecular flexibility index (Phi) is 4.25. The molecule has 0 unspecified atom stereocenters. The third kappa shape index (κ3) is 3.04. The molecule has 2 aliphatic rings. The Morgan fingerprint density at radius 1 is 1.23 bits per heavy atom. The SMILES string of the molecule is O=C(O)Cn1cc(S(=O)(=O)C2CCC2)nc1CC1CCCC1. The van der Waals surface area contributed by atoms with E-state index in [9.17, 15) is 13.2 Å². The van der Waals surface area contributed by atoms with Crippen LogP contribution in [0.15, 0.2) is 11.2 Å². The van der Waals surface area contributed by atoms with Crippen molar-refractivity contribution in [1.82, 2.24) is 9.55 Å². The molecule has 0 aromatic carbocycles. The predicted molar refractivity (Wildman–Crippen MR) is 80.3 cm³/mol. The second-order valence-electron chi connectivity index (χ2n) is 6.47. The van der Waals surface area contributed by atoms with Crippen molar-refractivity contribution in [2.45, 2.75) is 68.2 Å². The van der Waals surface area contributed by atoms with Crippen molar-refractivity contribution in [3.05, 3.63) is 12.0 Å². The number of carboxylic acid groups (broad SMARTS) is 1. The molecular weight excluding hydrogens is 304 g/mol. The summed E-state index contributed by atoms with van der Waals surface area (Å²) >= 11 is 0. The van der Waals surface area contributed by atoms with Crippen LogP contribution in [0, 0.1) is 5.92 Å². The Balaban J connectivity index is 1.87. The molecule has 0 aliphatic heterocycles. The standard InChI is InChI=1S/C15H22N2O4S/c18-15(19)10-17-9-14(22(20,21)12-6-3-7-12)16-13(17)8-11-4-1-2-5-11/h9,11-12H,1-8,10H2,(H,18,19). The summed E-state index contributed by atoms with van der Waals surface area (Å²) in [4.78, 5) is 15.3. The number of sulfone groups is 1. The number of carboxylic acids is 1. The second-order valence-corrected chi connectivity index (χ2v) is 8.64. The van der Waals surface area contributed by atoms with Gasteiger partial charge in [0.25, 0.3) is 0 Å². The van der Waals surface area contributed by atoms with Gasteiger partial charge < -0.3 is 9.67 Å². The molecule has 2 saturated carbocycles. The summed E-state index contributed by atoms with van der Waals surface area (Å²) in [6, 6.07) is 0. The van der Waals surface area contributed by atoms with E-state index in [0.717, 1.165) is 19.3 Å². The smallest absolute Gasteiger partial charge is 0.323 e. The summed E-state index contributed by atoms with van der Waals surface area (Å²) in [5, 5.41) is 8.76. The number of rotatable bonds is 6. The number of nitrogens with zero attached hydrogens (tertiary/aromatic N) is 2. The molecule has 2 aliphatic carbocycles. The number of aliphatic carboxylic acids is 1. The monoisotopic (exact) mass is 326 g/mol. The number of hydrogen-bond donors (Lipinski definition) is 1. The fraction of sp³-hybridized carbons (Fsp3) is 0.733. The summed E-state index contributed by atoms with van der Waals surface area (Å²) in [6.45, 7) is -0.227. The van der Waals surface area contributed by atoms with E-state index in [2.05, 4.69) is 4.98 Å². The molecule has 0 atom stereocenters. The minimum atomic E-state index is -3.40. The van der Waals surface area contributed by atoms with Crippen LogP contribution in [0.4, 0.5) is 0 Å². The van der Waals surface area contributed by atoms with Crippen LogP contribution in [-0.2, 0) is 27.6 Å². The van der Waals surface area contributed by atoms with Gasteiger partial charge in [0.15, 0.2) is 14.9 Å². The van der Waals surface area contributed by atoms with Crippen LogP contribution in [-0.4, -0.2) is 34.3 Å². The zero-order chi connectivity index (χ0) is 15.7. The molecule has 0 spiro atoms. The van der Waals surface area contributed by atoms with E-state index in [1.54, 1.807) is 0 Å². The van der Waals surface area contributed by atoms with Crippen molar-refractivity contribution >= 4 is 15.8 Å². The fourth-order valence-corrected chi connectivity index (χ4v) is 5.14. The Bertz CT molecular complexity index is 655. The highest BCUT2D eigenvalue weighted by Gasteiger charge is 2.35. The molecule has 1 N–H and O–H groups in total. The molecule has 0 saturated heterocycles. The first-order valence-corrected chi connectivity index (χ1v) is 9.53. The molecule has 0 amide bonds. The first kappa shape index (κ1) is 15.5. The minimum absolute atomic E-state index is 0.0615. The summed E-state index contributed by atoms with van der Waals surface area (Å²) in [5.41, 5.74) is 0. The van der Waals surface area contributed by atoms with E-state index in [0.29, 0.717) is 31.0 Å². The van der Waals surface area contributed by atoms with Crippen molar-refractivity contribution in [1.29, 1.82) is 0 Å². The zero-order valence-corrected chi connectivity index (χ0v) is 13.4. The predicted octanol–water partition coefficient (Wildman–Crippen LogP) is 2.03. The van der Waals surface area contributed by atoms with Crippen LogP contribution < -0.4 is 0 Å². The molecule has 6 nitrogen and oxygen atoms in total. The largest absolute Gasteiger partial charge is 0.480 e. The second kappa shape index (κ2) is 6.02. The summed E-state index contributed by atoms with van der Waals surface area (Å²) < 4.78 is 26.5.